The topological polar surface area (TPSA) is 0 Å². The van der Waals surface area contributed by atoms with Crippen molar-refractivity contribution in [1.82, 2.24) is 0 Å². The average Bonchev–Trinajstić information content (AvgIpc) is 1.97. The molecule has 0 aromatic rings. The first-order valence-electron chi connectivity index (χ1n) is 4.91. The molecule has 0 bridgehead atoms. The zero-order chi connectivity index (χ0) is 7.66. The largest absolute Gasteiger partial charge is 0.153 e. The molecule has 1 unspecified atom stereocenters. The second-order valence-electron chi connectivity index (χ2n) is 3.12. The van der Waals surface area contributed by atoms with Gasteiger partial charge >= 0.3 is 0 Å². The van der Waals surface area contributed by atoms with E-state index in [9.17, 15) is 0 Å². The van der Waals surface area contributed by atoms with Crippen LogP contribution in [-0.2, 0) is 0 Å². The summed E-state index contributed by atoms with van der Waals surface area (Å²) in [5.74, 6) is 0. The summed E-state index contributed by atoms with van der Waals surface area (Å²) in [7, 11) is 16.0. The van der Waals surface area contributed by atoms with Crippen LogP contribution in [0.2, 0.25) is 0 Å². The van der Waals surface area contributed by atoms with E-state index in [2.05, 4.69) is 15.5 Å². The van der Waals surface area contributed by atoms with E-state index in [1.54, 1.807) is 0 Å². The highest BCUT2D eigenvalue weighted by Gasteiger charge is 1.96. The Morgan fingerprint density at radius 2 is 0.818 bits per heavy atom. The van der Waals surface area contributed by atoms with E-state index < -0.39 is 0 Å². The minimum absolute atomic E-state index is 0. The van der Waals surface area contributed by atoms with Crippen molar-refractivity contribution < 1.29 is 0 Å². The Bertz CT molecular complexity index is 44.8. The molecule has 0 fully saturated rings. The minimum atomic E-state index is 0. The van der Waals surface area contributed by atoms with Gasteiger partial charge in [0.2, 0.25) is 0 Å². The van der Waals surface area contributed by atoms with Crippen LogP contribution in [0, 0.1) is 0 Å². The van der Waals surface area contributed by atoms with Gasteiger partial charge in [0.05, 0.1) is 15.5 Å². The van der Waals surface area contributed by atoms with Crippen molar-refractivity contribution in [3.05, 3.63) is 0 Å². The smallest absolute Gasteiger partial charge is 0.0597 e. The highest BCUT2D eigenvalue weighted by Crippen LogP contribution is 1.54. The summed E-state index contributed by atoms with van der Waals surface area (Å²) in [6.45, 7) is 0. The fourth-order valence-electron chi connectivity index (χ4n) is 1.21. The molecule has 1 atom stereocenters. The average molecular weight is 154 g/mol. The van der Waals surface area contributed by atoms with Crippen LogP contribution >= 0.6 is 9.90 Å². The van der Waals surface area contributed by atoms with E-state index in [0.29, 0.717) is 0 Å². The van der Waals surface area contributed by atoms with E-state index in [0.717, 1.165) is 0 Å². The van der Waals surface area contributed by atoms with Crippen molar-refractivity contribution in [1.29, 1.82) is 0 Å². The minimum Gasteiger partial charge on any atom is -0.153 e. The van der Waals surface area contributed by atoms with Crippen LogP contribution in [0.1, 0.15) is 0 Å². The molecule has 0 aliphatic carbocycles. The molecule has 11 heteroatoms. The first-order chi connectivity index (χ1) is 4.91. The van der Waals surface area contributed by atoms with Gasteiger partial charge in [-0.05, 0) is 0 Å². The third kappa shape index (κ3) is 14.0. The number of hydrogen-bond acceptors (Lipinski definition) is 0. The van der Waals surface area contributed by atoms with Gasteiger partial charge < -0.3 is 0 Å². The van der Waals surface area contributed by atoms with E-state index in [1.807, 2.05) is 0 Å². The predicted octanol–water partition coefficient (Wildman–Crippen LogP) is -6.96. The molecule has 0 rings (SSSR count). The Morgan fingerprint density at radius 1 is 0.545 bits per heavy atom. The Kier molecular flexibility index (Phi) is 18.1. The lowest BCUT2D eigenvalue weighted by molar-refractivity contribution is 3.84. The van der Waals surface area contributed by atoms with E-state index in [4.69, 9.17) is 0 Å². The van der Waals surface area contributed by atoms with Gasteiger partial charge in [-0.3, -0.25) is 0 Å². The van der Waals surface area contributed by atoms with Crippen LogP contribution < -0.4 is 0 Å². The fourth-order valence-corrected chi connectivity index (χ4v) is 1.21. The van der Waals surface area contributed by atoms with Crippen molar-refractivity contribution in [2.75, 3.05) is 0 Å². The van der Waals surface area contributed by atoms with Gasteiger partial charge in [-0.25, -0.2) is 0 Å². The quantitative estimate of drug-likeness (QED) is 0.194. The van der Waals surface area contributed by atoms with E-state index >= 15 is 0 Å². The zero-order valence-corrected chi connectivity index (χ0v) is 9.78. The maximum absolute atomic E-state index is 2.27. The van der Waals surface area contributed by atoms with Crippen molar-refractivity contribution >= 4 is 81.9 Å². The highest BCUT2D eigenvalue weighted by molar-refractivity contribution is 7.68. The highest BCUT2D eigenvalue weighted by atomic mass is 31.0. The third-order valence-corrected chi connectivity index (χ3v) is 1.96. The van der Waals surface area contributed by atoms with Gasteiger partial charge in [0, 0.05) is 56.5 Å². The lowest BCUT2D eigenvalue weighted by atomic mass is 8.89. The molecule has 0 radical (unpaired) electrons. The Balaban J connectivity index is 0. The normalized spacial score (nSPS) is 6.18. The third-order valence-electron chi connectivity index (χ3n) is 1.96. The summed E-state index contributed by atoms with van der Waals surface area (Å²) in [5.41, 5.74) is 0. The summed E-state index contributed by atoms with van der Waals surface area (Å²) in [6, 6.07) is 0. The van der Waals surface area contributed by atoms with Gasteiger partial charge in [-0.15, -0.1) is 0 Å². The van der Waals surface area contributed by atoms with Gasteiger partial charge in [-0.1, -0.05) is 0 Å². The lowest BCUT2D eigenvalue weighted by Crippen LogP contribution is -2.30. The van der Waals surface area contributed by atoms with Gasteiger partial charge in [-0.2, -0.15) is 9.90 Å². The molecule has 0 heterocycles. The van der Waals surface area contributed by atoms with Crippen LogP contribution in [0.15, 0.2) is 0 Å². The van der Waals surface area contributed by atoms with Crippen LogP contribution in [0.4, 0.5) is 0 Å². The summed E-state index contributed by atoms with van der Waals surface area (Å²) < 4.78 is 0. The molecular weight excluding hydrogens is 139 g/mol. The molecule has 0 saturated carbocycles. The lowest BCUT2D eigenvalue weighted by Gasteiger charge is -1.88. The molecular formula is H15B10P. The first kappa shape index (κ1) is 14.6. The molecule has 0 N–H and O–H groups in total. The molecule has 0 nitrogen and oxygen atoms in total. The second-order valence-corrected chi connectivity index (χ2v) is 3.12. The molecule has 0 aliphatic heterocycles. The summed E-state index contributed by atoms with van der Waals surface area (Å²) in [6.07, 6.45) is 0. The maximum atomic E-state index is 2.27. The molecule has 50 valence electrons. The Hall–Kier alpha value is 1.08. The molecule has 11 heavy (non-hydrogen) atoms. The van der Waals surface area contributed by atoms with Gasteiger partial charge in [0.25, 0.3) is 0 Å². The van der Waals surface area contributed by atoms with Crippen LogP contribution in [0.25, 0.3) is 0 Å². The summed E-state index contributed by atoms with van der Waals surface area (Å²) in [5, 5.41) is 0. The molecule has 0 aliphatic rings. The SMILES string of the molecule is BBBBBBBBBB.P. The van der Waals surface area contributed by atoms with Crippen LogP contribution in [0.3, 0.4) is 0 Å². The fraction of sp³-hybridized carbons (Fsp3) is 0. The predicted molar refractivity (Wildman–Crippen MR) is 85.4 cm³/mol. The van der Waals surface area contributed by atoms with Gasteiger partial charge in [0.1, 0.15) is 0 Å². The van der Waals surface area contributed by atoms with Crippen molar-refractivity contribution in [2.45, 2.75) is 0 Å². The van der Waals surface area contributed by atoms with Crippen molar-refractivity contribution in [3.8, 4) is 0 Å². The molecule has 0 spiro atoms. The van der Waals surface area contributed by atoms with Crippen molar-refractivity contribution in [2.24, 2.45) is 0 Å². The number of hydrogen-bond donors (Lipinski definition) is 0. The maximum Gasteiger partial charge on any atom is 0.0597 e. The Morgan fingerprint density at radius 3 is 1.09 bits per heavy atom. The van der Waals surface area contributed by atoms with Crippen LogP contribution in [0.5, 0.6) is 0 Å². The standard InChI is InChI=1S/B10H12.H3P/c1-3-5-7-9-10-8-6-4-2;/h3-10H,1-2H2;1H3. The Labute approximate surface area is 82.2 Å². The van der Waals surface area contributed by atoms with Gasteiger partial charge in [0.15, 0.2) is 0 Å². The second kappa shape index (κ2) is 13.7. The van der Waals surface area contributed by atoms with Crippen molar-refractivity contribution in [3.63, 3.8) is 0 Å². The van der Waals surface area contributed by atoms with Crippen LogP contribution in [-0.4, -0.2) is 72.0 Å². The zero-order valence-electron chi connectivity index (χ0n) is 8.36. The van der Waals surface area contributed by atoms with E-state index in [1.165, 1.54) is 56.5 Å². The molecule has 0 aromatic heterocycles. The summed E-state index contributed by atoms with van der Waals surface area (Å²) in [4.78, 5) is 0. The number of rotatable bonds is 7. The molecule has 0 saturated heterocycles. The molecule has 0 amide bonds. The monoisotopic (exact) mass is 156 g/mol. The van der Waals surface area contributed by atoms with E-state index in [-0.39, 0.29) is 9.90 Å². The summed E-state index contributed by atoms with van der Waals surface area (Å²) >= 11 is 0. The first-order valence-corrected chi connectivity index (χ1v) is 4.91. The molecule has 0 aromatic carbocycles.